The van der Waals surface area contributed by atoms with Gasteiger partial charge in [0.15, 0.2) is 0 Å². The van der Waals surface area contributed by atoms with Gasteiger partial charge in [0, 0.05) is 4.47 Å². The van der Waals surface area contributed by atoms with Crippen LogP contribution < -0.4 is 0 Å². The summed E-state index contributed by atoms with van der Waals surface area (Å²) >= 11 is 3.44. The average Bonchev–Trinajstić information content (AvgIpc) is 2.31. The Morgan fingerprint density at radius 1 is 0.938 bits per heavy atom. The Kier molecular flexibility index (Phi) is 3.58. The zero-order chi connectivity index (χ0) is 11.4. The van der Waals surface area contributed by atoms with E-state index in [9.17, 15) is 0 Å². The maximum absolute atomic E-state index is 3.44. The maximum Gasteiger partial charge on any atom is 0.0175 e. The standard InChI is InChI=1S/C15H13Br/c1-12(11-13-5-3-2-4-6-13)14-7-9-15(16)10-8-14/h2-11H,1H3. The summed E-state index contributed by atoms with van der Waals surface area (Å²) in [4.78, 5) is 0. The maximum atomic E-state index is 3.44. The Hall–Kier alpha value is -1.34. The van der Waals surface area contributed by atoms with Crippen LogP contribution in [0.2, 0.25) is 0 Å². The molecule has 0 saturated heterocycles. The van der Waals surface area contributed by atoms with Gasteiger partial charge in [-0.05, 0) is 35.8 Å². The lowest BCUT2D eigenvalue weighted by Crippen LogP contribution is -1.79. The van der Waals surface area contributed by atoms with E-state index in [0.717, 1.165) is 4.47 Å². The number of benzene rings is 2. The van der Waals surface area contributed by atoms with Crippen LogP contribution in [0.1, 0.15) is 18.1 Å². The highest BCUT2D eigenvalue weighted by Crippen LogP contribution is 2.19. The van der Waals surface area contributed by atoms with Crippen molar-refractivity contribution in [2.75, 3.05) is 0 Å². The zero-order valence-corrected chi connectivity index (χ0v) is 10.7. The molecule has 80 valence electrons. The number of halogens is 1. The minimum Gasteiger partial charge on any atom is -0.0622 e. The SMILES string of the molecule is CC(=Cc1ccccc1)c1ccc(Br)cc1. The van der Waals surface area contributed by atoms with Crippen molar-refractivity contribution in [2.45, 2.75) is 6.92 Å². The van der Waals surface area contributed by atoms with Gasteiger partial charge in [-0.2, -0.15) is 0 Å². The molecule has 0 atom stereocenters. The quantitative estimate of drug-likeness (QED) is 0.675. The molecule has 2 aromatic rings. The van der Waals surface area contributed by atoms with Gasteiger partial charge >= 0.3 is 0 Å². The summed E-state index contributed by atoms with van der Waals surface area (Å²) in [5.41, 5.74) is 3.77. The minimum absolute atomic E-state index is 1.11. The fourth-order valence-corrected chi connectivity index (χ4v) is 1.86. The van der Waals surface area contributed by atoms with E-state index in [1.165, 1.54) is 16.7 Å². The Morgan fingerprint density at radius 2 is 1.56 bits per heavy atom. The highest BCUT2D eigenvalue weighted by Gasteiger charge is 1.95. The molecule has 0 bridgehead atoms. The average molecular weight is 273 g/mol. The summed E-state index contributed by atoms with van der Waals surface area (Å²) in [5.74, 6) is 0. The van der Waals surface area contributed by atoms with E-state index in [0.29, 0.717) is 0 Å². The van der Waals surface area contributed by atoms with Crippen molar-refractivity contribution < 1.29 is 0 Å². The first kappa shape index (κ1) is 11.2. The van der Waals surface area contributed by atoms with Gasteiger partial charge in [0.1, 0.15) is 0 Å². The summed E-state index contributed by atoms with van der Waals surface area (Å²) in [6.07, 6.45) is 2.20. The van der Waals surface area contributed by atoms with Crippen LogP contribution in [0.15, 0.2) is 59.1 Å². The summed E-state index contributed by atoms with van der Waals surface area (Å²) < 4.78 is 1.11. The van der Waals surface area contributed by atoms with E-state index in [4.69, 9.17) is 0 Å². The molecular formula is C15H13Br. The van der Waals surface area contributed by atoms with Crippen LogP contribution in [-0.2, 0) is 0 Å². The zero-order valence-electron chi connectivity index (χ0n) is 9.15. The van der Waals surface area contributed by atoms with Gasteiger partial charge in [-0.1, -0.05) is 64.5 Å². The second-order valence-electron chi connectivity index (χ2n) is 3.74. The van der Waals surface area contributed by atoms with Crippen molar-refractivity contribution >= 4 is 27.6 Å². The molecule has 0 fully saturated rings. The van der Waals surface area contributed by atoms with Crippen molar-refractivity contribution in [3.05, 3.63) is 70.2 Å². The number of rotatable bonds is 2. The van der Waals surface area contributed by atoms with Crippen LogP contribution in [0.4, 0.5) is 0 Å². The van der Waals surface area contributed by atoms with Gasteiger partial charge in [0.05, 0.1) is 0 Å². The third kappa shape index (κ3) is 2.83. The Morgan fingerprint density at radius 3 is 2.19 bits per heavy atom. The first-order valence-electron chi connectivity index (χ1n) is 5.25. The highest BCUT2D eigenvalue weighted by molar-refractivity contribution is 9.10. The molecule has 0 aliphatic carbocycles. The molecule has 0 radical (unpaired) electrons. The van der Waals surface area contributed by atoms with E-state index >= 15 is 0 Å². The van der Waals surface area contributed by atoms with Gasteiger partial charge in [0.2, 0.25) is 0 Å². The topological polar surface area (TPSA) is 0 Å². The van der Waals surface area contributed by atoms with E-state index in [1.54, 1.807) is 0 Å². The smallest absolute Gasteiger partial charge is 0.0175 e. The third-order valence-electron chi connectivity index (χ3n) is 2.48. The molecule has 0 spiro atoms. The molecule has 0 saturated carbocycles. The molecule has 0 nitrogen and oxygen atoms in total. The monoisotopic (exact) mass is 272 g/mol. The molecular weight excluding hydrogens is 260 g/mol. The molecule has 0 aliphatic rings. The molecule has 2 aromatic carbocycles. The lowest BCUT2D eigenvalue weighted by atomic mass is 10.0. The Balaban J connectivity index is 2.28. The van der Waals surface area contributed by atoms with Crippen molar-refractivity contribution in [3.8, 4) is 0 Å². The van der Waals surface area contributed by atoms with E-state index < -0.39 is 0 Å². The second-order valence-corrected chi connectivity index (χ2v) is 4.66. The number of hydrogen-bond donors (Lipinski definition) is 0. The summed E-state index contributed by atoms with van der Waals surface area (Å²) in [6.45, 7) is 2.14. The Bertz CT molecular complexity index is 481. The minimum atomic E-state index is 1.11. The van der Waals surface area contributed by atoms with E-state index in [-0.39, 0.29) is 0 Å². The first-order valence-corrected chi connectivity index (χ1v) is 6.04. The largest absolute Gasteiger partial charge is 0.0622 e. The predicted octanol–water partition coefficient (Wildman–Crippen LogP) is 5.01. The van der Waals surface area contributed by atoms with Crippen molar-refractivity contribution in [1.29, 1.82) is 0 Å². The van der Waals surface area contributed by atoms with E-state index in [2.05, 4.69) is 77.5 Å². The number of hydrogen-bond acceptors (Lipinski definition) is 0. The number of allylic oxidation sites excluding steroid dienone is 1. The van der Waals surface area contributed by atoms with Crippen molar-refractivity contribution in [1.82, 2.24) is 0 Å². The fraction of sp³-hybridized carbons (Fsp3) is 0.0667. The fourth-order valence-electron chi connectivity index (χ4n) is 1.60. The van der Waals surface area contributed by atoms with Crippen LogP contribution in [0.25, 0.3) is 11.6 Å². The normalized spacial score (nSPS) is 11.5. The summed E-state index contributed by atoms with van der Waals surface area (Å²) in [7, 11) is 0. The van der Waals surface area contributed by atoms with Crippen molar-refractivity contribution in [3.63, 3.8) is 0 Å². The van der Waals surface area contributed by atoms with Gasteiger partial charge in [-0.3, -0.25) is 0 Å². The summed E-state index contributed by atoms with van der Waals surface area (Å²) in [6, 6.07) is 18.8. The molecule has 2 rings (SSSR count). The second kappa shape index (κ2) is 5.13. The van der Waals surface area contributed by atoms with Gasteiger partial charge in [-0.15, -0.1) is 0 Å². The Labute approximate surface area is 105 Å². The van der Waals surface area contributed by atoms with Crippen LogP contribution in [0.5, 0.6) is 0 Å². The van der Waals surface area contributed by atoms with Crippen LogP contribution >= 0.6 is 15.9 Å². The third-order valence-corrected chi connectivity index (χ3v) is 3.01. The lowest BCUT2D eigenvalue weighted by molar-refractivity contribution is 1.55. The van der Waals surface area contributed by atoms with Gasteiger partial charge in [-0.25, -0.2) is 0 Å². The molecule has 0 unspecified atom stereocenters. The van der Waals surface area contributed by atoms with Gasteiger partial charge < -0.3 is 0 Å². The van der Waals surface area contributed by atoms with E-state index in [1.807, 2.05) is 6.07 Å². The lowest BCUT2D eigenvalue weighted by Gasteiger charge is -2.02. The molecule has 0 aliphatic heterocycles. The molecule has 1 heteroatoms. The van der Waals surface area contributed by atoms with Crippen LogP contribution in [-0.4, -0.2) is 0 Å². The van der Waals surface area contributed by atoms with Gasteiger partial charge in [0.25, 0.3) is 0 Å². The van der Waals surface area contributed by atoms with Crippen molar-refractivity contribution in [2.24, 2.45) is 0 Å². The molecule has 0 amide bonds. The molecule has 0 heterocycles. The summed E-state index contributed by atoms with van der Waals surface area (Å²) in [5, 5.41) is 0. The van der Waals surface area contributed by atoms with Crippen LogP contribution in [0.3, 0.4) is 0 Å². The molecule has 0 aromatic heterocycles. The van der Waals surface area contributed by atoms with Crippen LogP contribution in [0, 0.1) is 0 Å². The first-order chi connectivity index (χ1) is 7.75. The molecule has 0 N–H and O–H groups in total. The predicted molar refractivity (Wildman–Crippen MR) is 74.1 cm³/mol. The highest BCUT2D eigenvalue weighted by atomic mass is 79.9. The molecule has 16 heavy (non-hydrogen) atoms.